The molecule has 2 aromatic rings. The second-order valence-corrected chi connectivity index (χ2v) is 6.76. The second-order valence-electron chi connectivity index (χ2n) is 5.73. The lowest BCUT2D eigenvalue weighted by Gasteiger charge is -2.25. The molecule has 0 aliphatic carbocycles. The molecule has 1 aromatic heterocycles. The monoisotopic (exact) mass is 317 g/mol. The van der Waals surface area contributed by atoms with Crippen LogP contribution in [0.25, 0.3) is 0 Å². The molecule has 0 unspecified atom stereocenters. The van der Waals surface area contributed by atoms with Gasteiger partial charge in [0.05, 0.1) is 6.04 Å². The quantitative estimate of drug-likeness (QED) is 0.791. The number of benzene rings is 1. The van der Waals surface area contributed by atoms with Gasteiger partial charge in [-0.3, -0.25) is 4.79 Å². The maximum absolute atomic E-state index is 13.1. The third kappa shape index (κ3) is 3.55. The van der Waals surface area contributed by atoms with Gasteiger partial charge in [-0.2, -0.15) is 0 Å². The number of carbonyl (C=O) groups is 1. The molecule has 116 valence electrons. The molecule has 3 rings (SSSR count). The van der Waals surface area contributed by atoms with Gasteiger partial charge in [0.1, 0.15) is 5.82 Å². The highest BCUT2D eigenvalue weighted by molar-refractivity contribution is 7.09. The number of likely N-dealkylation sites (tertiary alicyclic amines) is 1. The third-order valence-electron chi connectivity index (χ3n) is 4.22. The predicted octanol–water partition coefficient (Wildman–Crippen LogP) is 4.57. The van der Waals surface area contributed by atoms with Crippen LogP contribution < -0.4 is 0 Å². The molecule has 22 heavy (non-hydrogen) atoms. The molecule has 1 amide bonds. The lowest BCUT2D eigenvalue weighted by molar-refractivity contribution is -0.132. The van der Waals surface area contributed by atoms with E-state index in [0.717, 1.165) is 37.8 Å². The van der Waals surface area contributed by atoms with Crippen LogP contribution in [0.15, 0.2) is 41.8 Å². The van der Waals surface area contributed by atoms with Gasteiger partial charge in [-0.25, -0.2) is 4.39 Å². The van der Waals surface area contributed by atoms with Crippen LogP contribution in [0.1, 0.15) is 42.2 Å². The van der Waals surface area contributed by atoms with Crippen molar-refractivity contribution in [2.24, 2.45) is 0 Å². The summed E-state index contributed by atoms with van der Waals surface area (Å²) < 4.78 is 13.1. The number of amides is 1. The molecule has 1 aliphatic heterocycles. The molecular weight excluding hydrogens is 297 g/mol. The first-order chi connectivity index (χ1) is 10.7. The molecule has 1 fully saturated rings. The number of aryl methyl sites for hydroxylation is 1. The Bertz CT molecular complexity index is 609. The summed E-state index contributed by atoms with van der Waals surface area (Å²) in [7, 11) is 0. The molecule has 1 aromatic carbocycles. The standard InChI is InChI=1S/C18H20FNOS/c19-15-10-8-14(9-11-15)17-6-2-12-20(17)18(21)7-1-4-16-5-3-13-22-16/h3,5,8-11,13,17H,1-2,4,6-7,12H2/t17-/m0/s1. The molecule has 1 aliphatic rings. The molecular formula is C18H20FNOS. The SMILES string of the molecule is O=C(CCCc1cccs1)N1CCC[C@H]1c1ccc(F)cc1. The molecule has 0 N–H and O–H groups in total. The molecule has 0 saturated carbocycles. The maximum Gasteiger partial charge on any atom is 0.223 e. The fraction of sp³-hybridized carbons (Fsp3) is 0.389. The van der Waals surface area contributed by atoms with E-state index in [4.69, 9.17) is 0 Å². The van der Waals surface area contributed by atoms with Crippen molar-refractivity contribution in [3.8, 4) is 0 Å². The lowest BCUT2D eigenvalue weighted by Crippen LogP contribution is -2.30. The van der Waals surface area contributed by atoms with E-state index in [-0.39, 0.29) is 17.8 Å². The van der Waals surface area contributed by atoms with Gasteiger partial charge in [0.2, 0.25) is 5.91 Å². The Morgan fingerprint density at radius 1 is 1.27 bits per heavy atom. The van der Waals surface area contributed by atoms with Crippen LogP contribution in [0, 0.1) is 5.82 Å². The van der Waals surface area contributed by atoms with Crippen LogP contribution in [0.5, 0.6) is 0 Å². The zero-order chi connectivity index (χ0) is 15.4. The van der Waals surface area contributed by atoms with Gasteiger partial charge >= 0.3 is 0 Å². The highest BCUT2D eigenvalue weighted by Crippen LogP contribution is 2.32. The van der Waals surface area contributed by atoms with Crippen LogP contribution in [0.2, 0.25) is 0 Å². The van der Waals surface area contributed by atoms with Crippen LogP contribution in [0.4, 0.5) is 4.39 Å². The van der Waals surface area contributed by atoms with Crippen molar-refractivity contribution in [2.45, 2.75) is 38.1 Å². The Labute approximate surface area is 134 Å². The molecule has 2 heterocycles. The summed E-state index contributed by atoms with van der Waals surface area (Å²) in [5.41, 5.74) is 1.05. The number of carbonyl (C=O) groups excluding carboxylic acids is 1. The Kier molecular flexibility index (Phi) is 4.88. The average Bonchev–Trinajstić information content (AvgIpc) is 3.19. The molecule has 4 heteroatoms. The number of hydrogen-bond donors (Lipinski definition) is 0. The van der Waals surface area contributed by atoms with Gasteiger partial charge in [0, 0.05) is 17.8 Å². The van der Waals surface area contributed by atoms with Gasteiger partial charge in [-0.15, -0.1) is 11.3 Å². The zero-order valence-corrected chi connectivity index (χ0v) is 13.3. The van der Waals surface area contributed by atoms with Crippen molar-refractivity contribution in [3.05, 3.63) is 58.0 Å². The van der Waals surface area contributed by atoms with E-state index >= 15 is 0 Å². The van der Waals surface area contributed by atoms with E-state index in [9.17, 15) is 9.18 Å². The Hall–Kier alpha value is -1.68. The maximum atomic E-state index is 13.1. The van der Waals surface area contributed by atoms with E-state index in [1.165, 1.54) is 17.0 Å². The van der Waals surface area contributed by atoms with E-state index in [1.807, 2.05) is 11.0 Å². The molecule has 0 spiro atoms. The topological polar surface area (TPSA) is 20.3 Å². The number of hydrogen-bond acceptors (Lipinski definition) is 2. The van der Waals surface area contributed by atoms with Crippen molar-refractivity contribution in [1.82, 2.24) is 4.90 Å². The number of thiophene rings is 1. The summed E-state index contributed by atoms with van der Waals surface area (Å²) in [5.74, 6) is -0.000970. The van der Waals surface area contributed by atoms with Gasteiger partial charge < -0.3 is 4.90 Å². The van der Waals surface area contributed by atoms with Gasteiger partial charge in [0.15, 0.2) is 0 Å². The van der Waals surface area contributed by atoms with Crippen molar-refractivity contribution in [1.29, 1.82) is 0 Å². The van der Waals surface area contributed by atoms with E-state index in [1.54, 1.807) is 23.5 Å². The van der Waals surface area contributed by atoms with E-state index in [2.05, 4.69) is 11.4 Å². The van der Waals surface area contributed by atoms with Crippen molar-refractivity contribution < 1.29 is 9.18 Å². The van der Waals surface area contributed by atoms with Crippen LogP contribution in [0.3, 0.4) is 0 Å². The third-order valence-corrected chi connectivity index (χ3v) is 5.16. The minimum Gasteiger partial charge on any atom is -0.336 e. The van der Waals surface area contributed by atoms with Crippen LogP contribution in [-0.2, 0) is 11.2 Å². The first-order valence-electron chi connectivity index (χ1n) is 7.81. The summed E-state index contributed by atoms with van der Waals surface area (Å²) in [5, 5.41) is 2.07. The highest BCUT2D eigenvalue weighted by Gasteiger charge is 2.29. The van der Waals surface area contributed by atoms with Crippen molar-refractivity contribution >= 4 is 17.2 Å². The number of rotatable bonds is 5. The molecule has 2 nitrogen and oxygen atoms in total. The first-order valence-corrected chi connectivity index (χ1v) is 8.69. The van der Waals surface area contributed by atoms with Crippen molar-refractivity contribution in [2.75, 3.05) is 6.54 Å². The minimum absolute atomic E-state index is 0.120. The lowest BCUT2D eigenvalue weighted by atomic mass is 10.0. The predicted molar refractivity (Wildman–Crippen MR) is 87.3 cm³/mol. The zero-order valence-electron chi connectivity index (χ0n) is 12.5. The summed E-state index contributed by atoms with van der Waals surface area (Å²) in [6.45, 7) is 0.819. The first kappa shape index (κ1) is 15.2. The summed E-state index contributed by atoms with van der Waals surface area (Å²) in [6.07, 6.45) is 4.46. The van der Waals surface area contributed by atoms with Gasteiger partial charge in [-0.1, -0.05) is 18.2 Å². The Balaban J connectivity index is 1.57. The summed E-state index contributed by atoms with van der Waals surface area (Å²) >= 11 is 1.75. The smallest absolute Gasteiger partial charge is 0.223 e. The van der Waals surface area contributed by atoms with Crippen LogP contribution in [-0.4, -0.2) is 17.4 Å². The average molecular weight is 317 g/mol. The van der Waals surface area contributed by atoms with Gasteiger partial charge in [0.25, 0.3) is 0 Å². The fourth-order valence-electron chi connectivity index (χ4n) is 3.11. The van der Waals surface area contributed by atoms with Crippen LogP contribution >= 0.6 is 11.3 Å². The largest absolute Gasteiger partial charge is 0.336 e. The molecule has 0 bridgehead atoms. The fourth-order valence-corrected chi connectivity index (χ4v) is 3.86. The Morgan fingerprint density at radius 2 is 2.09 bits per heavy atom. The molecule has 1 saturated heterocycles. The van der Waals surface area contributed by atoms with Crippen molar-refractivity contribution in [3.63, 3.8) is 0 Å². The number of halogens is 1. The second kappa shape index (κ2) is 7.05. The summed E-state index contributed by atoms with van der Waals surface area (Å²) in [6, 6.07) is 10.9. The Morgan fingerprint density at radius 3 is 2.82 bits per heavy atom. The number of nitrogens with zero attached hydrogens (tertiary/aromatic N) is 1. The highest BCUT2D eigenvalue weighted by atomic mass is 32.1. The molecule has 1 atom stereocenters. The minimum atomic E-state index is -0.226. The van der Waals surface area contributed by atoms with E-state index in [0.29, 0.717) is 6.42 Å². The normalized spacial score (nSPS) is 17.9. The van der Waals surface area contributed by atoms with E-state index < -0.39 is 0 Å². The molecule has 0 radical (unpaired) electrons. The van der Waals surface area contributed by atoms with Gasteiger partial charge in [-0.05, 0) is 54.8 Å². The summed E-state index contributed by atoms with van der Waals surface area (Å²) in [4.78, 5) is 15.8.